The van der Waals surface area contributed by atoms with Crippen molar-refractivity contribution in [3.8, 4) is 11.5 Å². The third kappa shape index (κ3) is 8.52. The van der Waals surface area contributed by atoms with E-state index >= 15 is 0 Å². The van der Waals surface area contributed by atoms with Gasteiger partial charge in [-0.25, -0.2) is 0 Å². The normalized spacial score (nSPS) is 24.9. The summed E-state index contributed by atoms with van der Waals surface area (Å²) >= 11 is 0. The van der Waals surface area contributed by atoms with E-state index in [0.717, 1.165) is 50.8 Å². The molecule has 0 spiro atoms. The van der Waals surface area contributed by atoms with Crippen molar-refractivity contribution in [3.63, 3.8) is 0 Å². The summed E-state index contributed by atoms with van der Waals surface area (Å²) in [6.07, 6.45) is 15.8. The van der Waals surface area contributed by atoms with Crippen molar-refractivity contribution in [1.29, 1.82) is 0 Å². The SMILES string of the molecule is c1cc(C2CCC(c3ccc(OCCCCCC4CO4)cc3)CC2)ccc1OCCCCCC1CO1. The number of rotatable bonds is 16. The van der Waals surface area contributed by atoms with Gasteiger partial charge < -0.3 is 18.9 Å². The number of ether oxygens (including phenoxy) is 4. The van der Waals surface area contributed by atoms with Gasteiger partial charge >= 0.3 is 0 Å². The van der Waals surface area contributed by atoms with Crippen LogP contribution in [0.25, 0.3) is 0 Å². The van der Waals surface area contributed by atoms with Gasteiger partial charge in [-0.15, -0.1) is 0 Å². The van der Waals surface area contributed by atoms with Gasteiger partial charge in [-0.3, -0.25) is 0 Å². The lowest BCUT2D eigenvalue weighted by atomic mass is 9.76. The summed E-state index contributed by atoms with van der Waals surface area (Å²) in [5, 5.41) is 0. The zero-order valence-corrected chi connectivity index (χ0v) is 21.9. The van der Waals surface area contributed by atoms with Gasteiger partial charge in [-0.2, -0.15) is 0 Å². The summed E-state index contributed by atoms with van der Waals surface area (Å²) in [7, 11) is 0. The molecule has 36 heavy (non-hydrogen) atoms. The highest BCUT2D eigenvalue weighted by molar-refractivity contribution is 5.32. The molecule has 0 N–H and O–H groups in total. The molecule has 1 aliphatic carbocycles. The first-order valence-electron chi connectivity index (χ1n) is 14.5. The average Bonchev–Trinajstić information content (AvgIpc) is 3.85. The summed E-state index contributed by atoms with van der Waals surface area (Å²) in [6, 6.07) is 17.8. The van der Waals surface area contributed by atoms with Crippen molar-refractivity contribution in [2.24, 2.45) is 0 Å². The fraction of sp³-hybridized carbons (Fsp3) is 0.625. The van der Waals surface area contributed by atoms with E-state index in [9.17, 15) is 0 Å². The fourth-order valence-corrected chi connectivity index (χ4v) is 5.58. The van der Waals surface area contributed by atoms with Crippen molar-refractivity contribution < 1.29 is 18.9 Å². The van der Waals surface area contributed by atoms with Crippen LogP contribution in [-0.4, -0.2) is 38.6 Å². The second kappa shape index (κ2) is 13.5. The lowest BCUT2D eigenvalue weighted by molar-refractivity contribution is 0.301. The van der Waals surface area contributed by atoms with Crippen LogP contribution in [0.3, 0.4) is 0 Å². The van der Waals surface area contributed by atoms with E-state index in [4.69, 9.17) is 18.9 Å². The van der Waals surface area contributed by atoms with Crippen LogP contribution in [0.5, 0.6) is 11.5 Å². The molecule has 3 aliphatic rings. The highest BCUT2D eigenvalue weighted by atomic mass is 16.6. The third-order valence-corrected chi connectivity index (χ3v) is 8.11. The van der Waals surface area contributed by atoms with Gasteiger partial charge in [-0.1, -0.05) is 37.1 Å². The Labute approximate surface area is 217 Å². The second-order valence-electron chi connectivity index (χ2n) is 11.0. The largest absolute Gasteiger partial charge is 0.494 e. The second-order valence-corrected chi connectivity index (χ2v) is 11.0. The van der Waals surface area contributed by atoms with E-state index in [0.29, 0.717) is 24.0 Å². The number of hydrogen-bond donors (Lipinski definition) is 0. The Balaban J connectivity index is 0.962. The van der Waals surface area contributed by atoms with Gasteiger partial charge in [-0.05, 0) is 111 Å². The molecule has 5 rings (SSSR count). The minimum Gasteiger partial charge on any atom is -0.494 e. The molecule has 3 fully saturated rings. The number of benzene rings is 2. The van der Waals surface area contributed by atoms with Crippen molar-refractivity contribution in [2.45, 2.75) is 101 Å². The Bertz CT molecular complexity index is 802. The summed E-state index contributed by atoms with van der Waals surface area (Å²) in [5.74, 6) is 3.37. The van der Waals surface area contributed by atoms with E-state index < -0.39 is 0 Å². The lowest BCUT2D eigenvalue weighted by Crippen LogP contribution is -2.12. The number of unbranched alkanes of at least 4 members (excludes halogenated alkanes) is 4. The smallest absolute Gasteiger partial charge is 0.119 e. The molecule has 0 radical (unpaired) electrons. The summed E-state index contributed by atoms with van der Waals surface area (Å²) in [5.41, 5.74) is 2.94. The summed E-state index contributed by atoms with van der Waals surface area (Å²) in [4.78, 5) is 0. The Morgan fingerprint density at radius 2 is 0.917 bits per heavy atom. The quantitative estimate of drug-likeness (QED) is 0.177. The van der Waals surface area contributed by atoms with Crippen LogP contribution < -0.4 is 9.47 Å². The Kier molecular flexibility index (Phi) is 9.59. The minimum atomic E-state index is 0.561. The molecule has 2 atom stereocenters. The van der Waals surface area contributed by atoms with Crippen molar-refractivity contribution >= 4 is 0 Å². The van der Waals surface area contributed by atoms with Gasteiger partial charge in [0, 0.05) is 0 Å². The molecule has 0 amide bonds. The average molecular weight is 493 g/mol. The standard InChI is InChI=1S/C32H44O4/c1(3-7-31-23-35-31)5-21-33-29-17-13-27(14-18-29)25-9-11-26(12-10-25)28-15-19-30(20-16-28)34-22-6-2-4-8-32-24-36-32/h13-20,25-26,31-32H,1-12,21-24H2. The van der Waals surface area contributed by atoms with Gasteiger partial charge in [0.05, 0.1) is 38.6 Å². The molecular formula is C32H44O4. The molecular weight excluding hydrogens is 448 g/mol. The molecule has 2 heterocycles. The van der Waals surface area contributed by atoms with E-state index in [1.165, 1.54) is 75.3 Å². The molecule has 0 aromatic heterocycles. The molecule has 1 saturated carbocycles. The lowest BCUT2D eigenvalue weighted by Gasteiger charge is -2.29. The molecule has 4 nitrogen and oxygen atoms in total. The Hall–Kier alpha value is -2.04. The van der Waals surface area contributed by atoms with Gasteiger partial charge in [0.15, 0.2) is 0 Å². The maximum Gasteiger partial charge on any atom is 0.119 e. The molecule has 2 aliphatic heterocycles. The van der Waals surface area contributed by atoms with Crippen LogP contribution in [0.2, 0.25) is 0 Å². The van der Waals surface area contributed by atoms with E-state index in [-0.39, 0.29) is 0 Å². The Morgan fingerprint density at radius 3 is 1.28 bits per heavy atom. The first-order chi connectivity index (χ1) is 17.8. The molecule has 196 valence electrons. The third-order valence-electron chi connectivity index (χ3n) is 8.11. The van der Waals surface area contributed by atoms with E-state index in [1.807, 2.05) is 0 Å². The van der Waals surface area contributed by atoms with Crippen LogP contribution in [0.4, 0.5) is 0 Å². The molecule has 2 saturated heterocycles. The van der Waals surface area contributed by atoms with Crippen molar-refractivity contribution in [3.05, 3.63) is 59.7 Å². The zero-order valence-electron chi connectivity index (χ0n) is 21.9. The van der Waals surface area contributed by atoms with Gasteiger partial charge in [0.2, 0.25) is 0 Å². The topological polar surface area (TPSA) is 43.5 Å². The highest BCUT2D eigenvalue weighted by Crippen LogP contribution is 2.41. The predicted octanol–water partition coefficient (Wildman–Crippen LogP) is 7.80. The highest BCUT2D eigenvalue weighted by Gasteiger charge is 2.24. The zero-order chi connectivity index (χ0) is 24.4. The van der Waals surface area contributed by atoms with E-state index in [1.54, 1.807) is 0 Å². The predicted molar refractivity (Wildman–Crippen MR) is 144 cm³/mol. The van der Waals surface area contributed by atoms with Crippen LogP contribution >= 0.6 is 0 Å². The number of hydrogen-bond acceptors (Lipinski definition) is 4. The van der Waals surface area contributed by atoms with Crippen LogP contribution in [0.15, 0.2) is 48.5 Å². The van der Waals surface area contributed by atoms with Crippen molar-refractivity contribution in [2.75, 3.05) is 26.4 Å². The first-order valence-corrected chi connectivity index (χ1v) is 14.5. The first kappa shape index (κ1) is 25.6. The molecule has 2 aromatic rings. The van der Waals surface area contributed by atoms with Gasteiger partial charge in [0.1, 0.15) is 11.5 Å². The number of epoxide rings is 2. The fourth-order valence-electron chi connectivity index (χ4n) is 5.58. The summed E-state index contributed by atoms with van der Waals surface area (Å²) in [6.45, 7) is 3.58. The van der Waals surface area contributed by atoms with Crippen LogP contribution in [-0.2, 0) is 9.47 Å². The molecule has 2 aromatic carbocycles. The van der Waals surface area contributed by atoms with Crippen LogP contribution in [0, 0.1) is 0 Å². The van der Waals surface area contributed by atoms with Crippen molar-refractivity contribution in [1.82, 2.24) is 0 Å². The minimum absolute atomic E-state index is 0.561. The molecule has 2 unspecified atom stereocenters. The maximum atomic E-state index is 5.96. The van der Waals surface area contributed by atoms with Crippen LogP contribution in [0.1, 0.15) is 100 Å². The molecule has 0 bridgehead atoms. The Morgan fingerprint density at radius 1 is 0.528 bits per heavy atom. The maximum absolute atomic E-state index is 5.96. The van der Waals surface area contributed by atoms with Gasteiger partial charge in [0.25, 0.3) is 0 Å². The molecule has 4 heteroatoms. The monoisotopic (exact) mass is 492 g/mol. The van der Waals surface area contributed by atoms with E-state index in [2.05, 4.69) is 48.5 Å². The summed E-state index contributed by atoms with van der Waals surface area (Å²) < 4.78 is 22.5.